The first-order chi connectivity index (χ1) is 22.6. The van der Waals surface area contributed by atoms with Crippen LogP contribution in [0.25, 0.3) is 9.75 Å². The molecule has 46 heavy (non-hydrogen) atoms. The van der Waals surface area contributed by atoms with Crippen LogP contribution in [-0.4, -0.2) is 15.0 Å². The Morgan fingerprint density at radius 2 is 0.891 bits per heavy atom. The van der Waals surface area contributed by atoms with Gasteiger partial charge in [0.1, 0.15) is 4.90 Å². The summed E-state index contributed by atoms with van der Waals surface area (Å²) in [5.74, 6) is 0.433. The Kier molecular flexibility index (Phi) is 20.9. The maximum Gasteiger partial charge on any atom is 0.265 e. The maximum atomic E-state index is 13.8. The minimum absolute atomic E-state index is 0.433. The summed E-state index contributed by atoms with van der Waals surface area (Å²) in [6.45, 7) is 5.22. The van der Waals surface area contributed by atoms with Crippen molar-refractivity contribution in [2.24, 2.45) is 5.92 Å². The molecule has 0 amide bonds. The van der Waals surface area contributed by atoms with Crippen LogP contribution < -0.4 is 4.31 Å². The molecule has 2 aromatic heterocycles. The molecule has 0 N–H and O–H groups in total. The lowest BCUT2D eigenvalue weighted by Gasteiger charge is -2.32. The Morgan fingerprint density at radius 1 is 0.522 bits per heavy atom. The van der Waals surface area contributed by atoms with Gasteiger partial charge in [0.15, 0.2) is 0 Å². The van der Waals surface area contributed by atoms with Crippen LogP contribution in [0.1, 0.15) is 194 Å². The molecule has 0 radical (unpaired) electrons. The van der Waals surface area contributed by atoms with Crippen molar-refractivity contribution in [2.45, 2.75) is 199 Å². The Bertz CT molecular complexity index is 1120. The van der Waals surface area contributed by atoms with Gasteiger partial charge in [-0.2, -0.15) is 0 Å². The minimum atomic E-state index is -3.48. The molecule has 1 aliphatic heterocycles. The van der Waals surface area contributed by atoms with Gasteiger partial charge < -0.3 is 0 Å². The van der Waals surface area contributed by atoms with E-state index in [9.17, 15) is 8.42 Å². The van der Waals surface area contributed by atoms with Gasteiger partial charge in [-0.1, -0.05) is 181 Å². The Labute approximate surface area is 293 Å². The van der Waals surface area contributed by atoms with Crippen molar-refractivity contribution in [2.75, 3.05) is 10.8 Å². The van der Waals surface area contributed by atoms with Gasteiger partial charge in [-0.05, 0) is 41.7 Å². The van der Waals surface area contributed by atoms with Crippen molar-refractivity contribution in [1.82, 2.24) is 0 Å². The smallest absolute Gasteiger partial charge is 0.264 e. The number of sulfonamides is 1. The number of fused-ring (bicyclic) bond motifs is 3. The van der Waals surface area contributed by atoms with Crippen molar-refractivity contribution in [3.8, 4) is 9.75 Å². The number of anilines is 1. The van der Waals surface area contributed by atoms with Gasteiger partial charge in [-0.3, -0.25) is 4.31 Å². The highest BCUT2D eigenvalue weighted by atomic mass is 32.2. The molecule has 3 heterocycles. The number of hydrogen-bond donors (Lipinski definition) is 0. The summed E-state index contributed by atoms with van der Waals surface area (Å²) in [5, 5.41) is 4.00. The zero-order chi connectivity index (χ0) is 32.7. The number of rotatable bonds is 30. The van der Waals surface area contributed by atoms with Gasteiger partial charge in [0, 0.05) is 6.54 Å². The van der Waals surface area contributed by atoms with Gasteiger partial charge in [0.25, 0.3) is 10.0 Å². The van der Waals surface area contributed by atoms with Crippen LogP contribution in [0.2, 0.25) is 0 Å². The van der Waals surface area contributed by atoms with E-state index in [4.69, 9.17) is 0 Å². The molecule has 0 bridgehead atoms. The van der Waals surface area contributed by atoms with Crippen molar-refractivity contribution < 1.29 is 8.42 Å². The highest BCUT2D eigenvalue weighted by Crippen LogP contribution is 2.49. The third-order valence-corrected chi connectivity index (χ3v) is 14.1. The monoisotopic (exact) mass is 691 g/mol. The molecule has 1 atom stereocenters. The molecule has 0 aliphatic carbocycles. The number of hydrogen-bond acceptors (Lipinski definition) is 4. The second kappa shape index (κ2) is 24.3. The van der Waals surface area contributed by atoms with Crippen molar-refractivity contribution in [3.05, 3.63) is 22.9 Å². The molecule has 3 nitrogen and oxygen atoms in total. The van der Waals surface area contributed by atoms with E-state index in [-0.39, 0.29) is 0 Å². The van der Waals surface area contributed by atoms with E-state index < -0.39 is 10.0 Å². The molecule has 0 saturated heterocycles. The van der Waals surface area contributed by atoms with Gasteiger partial charge >= 0.3 is 0 Å². The normalized spacial score (nSPS) is 14.4. The lowest BCUT2D eigenvalue weighted by atomic mass is 9.93. The first kappa shape index (κ1) is 39.6. The molecule has 3 rings (SSSR count). The standard InChI is InChI=1S/C40H69NO2S3/c1-3-5-7-9-11-13-15-17-18-20-22-24-26-28-30-36(29-27-25-23-21-19-16-14-12-10-8-6-4-2)35-41-37-31-33-44-39(37)40-38(32-34-45-40)46(41,42)43/h31-34,36H,3-30,35H2,1-2H3. The van der Waals surface area contributed by atoms with E-state index in [0.29, 0.717) is 17.4 Å². The van der Waals surface area contributed by atoms with Gasteiger partial charge in [0.05, 0.1) is 15.4 Å². The Hall–Kier alpha value is -0.850. The fourth-order valence-electron chi connectivity index (χ4n) is 7.24. The van der Waals surface area contributed by atoms with Gasteiger partial charge in [0.2, 0.25) is 0 Å². The van der Waals surface area contributed by atoms with E-state index >= 15 is 0 Å². The number of thiophene rings is 2. The summed E-state index contributed by atoms with van der Waals surface area (Å²) in [5.41, 5.74) is 0.917. The lowest BCUT2D eigenvalue weighted by Crippen LogP contribution is -2.37. The summed E-state index contributed by atoms with van der Waals surface area (Å²) >= 11 is 3.25. The summed E-state index contributed by atoms with van der Waals surface area (Å²) in [6.07, 6.45) is 38.0. The zero-order valence-electron chi connectivity index (χ0n) is 29.9. The average Bonchev–Trinajstić information content (AvgIpc) is 3.74. The van der Waals surface area contributed by atoms with Crippen molar-refractivity contribution in [1.29, 1.82) is 0 Å². The number of nitrogens with zero attached hydrogens (tertiary/aromatic N) is 1. The lowest BCUT2D eigenvalue weighted by molar-refractivity contribution is 0.408. The predicted octanol–water partition coefficient (Wildman–Crippen LogP) is 14.6. The van der Waals surface area contributed by atoms with Crippen LogP contribution in [0, 0.1) is 5.92 Å². The molecule has 1 aliphatic rings. The van der Waals surface area contributed by atoms with Crippen LogP contribution in [0.5, 0.6) is 0 Å². The van der Waals surface area contributed by atoms with Crippen molar-refractivity contribution >= 4 is 38.4 Å². The summed E-state index contributed by atoms with van der Waals surface area (Å²) in [4.78, 5) is 2.60. The summed E-state index contributed by atoms with van der Waals surface area (Å²) < 4.78 is 29.3. The van der Waals surface area contributed by atoms with Crippen LogP contribution in [-0.2, 0) is 10.0 Å². The van der Waals surface area contributed by atoms with Crippen molar-refractivity contribution in [3.63, 3.8) is 0 Å². The molecule has 0 saturated carbocycles. The molecule has 0 fully saturated rings. The molecule has 264 valence electrons. The molecule has 0 aromatic carbocycles. The minimum Gasteiger partial charge on any atom is -0.264 e. The number of unbranched alkanes of at least 4 members (excludes halogenated alkanes) is 24. The maximum absolute atomic E-state index is 13.8. The third-order valence-electron chi connectivity index (χ3n) is 10.2. The van der Waals surface area contributed by atoms with Crippen LogP contribution in [0.4, 0.5) is 5.69 Å². The second-order valence-electron chi connectivity index (χ2n) is 14.2. The zero-order valence-corrected chi connectivity index (χ0v) is 32.3. The molecule has 6 heteroatoms. The Morgan fingerprint density at radius 3 is 1.33 bits per heavy atom. The SMILES string of the molecule is CCCCCCCCCCCCCCCCC(CCCCCCCCCCCCCC)CN1c2ccsc2-c2sccc2S1(=O)=O. The Balaban J connectivity index is 1.37. The third kappa shape index (κ3) is 14.3. The van der Waals surface area contributed by atoms with Gasteiger partial charge in [-0.15, -0.1) is 22.7 Å². The highest BCUT2D eigenvalue weighted by molar-refractivity contribution is 7.93. The summed E-state index contributed by atoms with van der Waals surface area (Å²) in [7, 11) is -3.48. The highest BCUT2D eigenvalue weighted by Gasteiger charge is 2.37. The fraction of sp³-hybridized carbons (Fsp3) is 0.800. The molecular weight excluding hydrogens is 623 g/mol. The summed E-state index contributed by atoms with van der Waals surface area (Å²) in [6, 6.07) is 3.85. The van der Waals surface area contributed by atoms with Crippen LogP contribution in [0.3, 0.4) is 0 Å². The predicted molar refractivity (Wildman–Crippen MR) is 206 cm³/mol. The van der Waals surface area contributed by atoms with E-state index in [0.717, 1.165) is 28.3 Å². The van der Waals surface area contributed by atoms with Crippen LogP contribution in [0.15, 0.2) is 27.8 Å². The second-order valence-corrected chi connectivity index (χ2v) is 17.9. The van der Waals surface area contributed by atoms with E-state index in [1.165, 1.54) is 167 Å². The van der Waals surface area contributed by atoms with E-state index in [1.54, 1.807) is 27.0 Å². The average molecular weight is 692 g/mol. The molecular formula is C40H69NO2S3. The topological polar surface area (TPSA) is 37.4 Å². The van der Waals surface area contributed by atoms with E-state index in [1.807, 2.05) is 17.5 Å². The first-order valence-electron chi connectivity index (χ1n) is 19.8. The van der Waals surface area contributed by atoms with E-state index in [2.05, 4.69) is 19.2 Å². The quantitative estimate of drug-likeness (QED) is 0.0765. The first-order valence-corrected chi connectivity index (χ1v) is 23.0. The van der Waals surface area contributed by atoms with Crippen LogP contribution >= 0.6 is 22.7 Å². The molecule has 1 unspecified atom stereocenters. The molecule has 2 aromatic rings. The largest absolute Gasteiger partial charge is 0.265 e. The van der Waals surface area contributed by atoms with Gasteiger partial charge in [-0.25, -0.2) is 8.42 Å². The fourth-order valence-corrected chi connectivity index (χ4v) is 11.4. The molecule has 0 spiro atoms.